The predicted octanol–water partition coefficient (Wildman–Crippen LogP) is 2.07. The van der Waals surface area contributed by atoms with Gasteiger partial charge in [-0.25, -0.2) is 4.79 Å². The van der Waals surface area contributed by atoms with E-state index >= 15 is 0 Å². The molecule has 3 fully saturated rings. The average Bonchev–Trinajstić information content (AvgIpc) is 3.16. The van der Waals surface area contributed by atoms with Crippen LogP contribution in [0.3, 0.4) is 0 Å². The van der Waals surface area contributed by atoms with E-state index in [1.807, 2.05) is 19.0 Å². The van der Waals surface area contributed by atoms with Gasteiger partial charge < -0.3 is 14.4 Å². The lowest BCUT2D eigenvalue weighted by Crippen LogP contribution is -2.43. The summed E-state index contributed by atoms with van der Waals surface area (Å²) in [6.07, 6.45) is 7.12. The number of likely N-dealkylation sites (tertiary alicyclic amines) is 2. The molecule has 3 heterocycles. The van der Waals surface area contributed by atoms with Crippen molar-refractivity contribution in [3.05, 3.63) is 11.6 Å². The van der Waals surface area contributed by atoms with Gasteiger partial charge in [-0.3, -0.25) is 4.90 Å². The summed E-state index contributed by atoms with van der Waals surface area (Å²) < 4.78 is 2.45. The molecule has 138 valence electrons. The van der Waals surface area contributed by atoms with Crippen molar-refractivity contribution in [1.29, 1.82) is 0 Å². The Kier molecular flexibility index (Phi) is 4.67. The van der Waals surface area contributed by atoms with E-state index in [2.05, 4.69) is 19.7 Å². The molecule has 7 nitrogen and oxygen atoms in total. The van der Waals surface area contributed by atoms with E-state index < -0.39 is 0 Å². The van der Waals surface area contributed by atoms with Crippen molar-refractivity contribution in [2.24, 2.45) is 0 Å². The summed E-state index contributed by atoms with van der Waals surface area (Å²) in [7, 11) is 3.64. The van der Waals surface area contributed by atoms with Crippen molar-refractivity contribution in [3.8, 4) is 0 Å². The van der Waals surface area contributed by atoms with E-state index in [0.717, 1.165) is 38.3 Å². The zero-order valence-electron chi connectivity index (χ0n) is 15.5. The van der Waals surface area contributed by atoms with Gasteiger partial charge in [0.2, 0.25) is 0 Å². The summed E-state index contributed by atoms with van der Waals surface area (Å²) in [6, 6.07) is 0.737. The molecular weight excluding hydrogens is 316 g/mol. The number of hydrogen-bond donors (Lipinski definition) is 0. The Labute approximate surface area is 150 Å². The standard InChI is InChI=1S/C18H30N6O/c1-21(2)18(25)23-11-7-14(8-12-23)17-20-19-16(24(17)15-5-6-15)13-22-9-3-4-10-22/h14-15H,3-13H2,1-2H3. The van der Waals surface area contributed by atoms with E-state index in [0.29, 0.717) is 12.0 Å². The number of rotatable bonds is 4. The quantitative estimate of drug-likeness (QED) is 0.837. The van der Waals surface area contributed by atoms with Crippen LogP contribution in [-0.2, 0) is 6.54 Å². The number of amides is 2. The molecule has 0 spiro atoms. The van der Waals surface area contributed by atoms with E-state index in [-0.39, 0.29) is 6.03 Å². The van der Waals surface area contributed by atoms with Gasteiger partial charge in [0.1, 0.15) is 11.6 Å². The SMILES string of the molecule is CN(C)C(=O)N1CCC(c2nnc(CN3CCCC3)n2C2CC2)CC1. The largest absolute Gasteiger partial charge is 0.331 e. The minimum absolute atomic E-state index is 0.122. The molecule has 0 unspecified atom stereocenters. The maximum Gasteiger partial charge on any atom is 0.319 e. The monoisotopic (exact) mass is 346 g/mol. The fraction of sp³-hybridized carbons (Fsp3) is 0.833. The zero-order valence-corrected chi connectivity index (χ0v) is 15.5. The van der Waals surface area contributed by atoms with Gasteiger partial charge in [0.25, 0.3) is 0 Å². The highest BCUT2D eigenvalue weighted by Gasteiger charge is 2.34. The van der Waals surface area contributed by atoms with Crippen LogP contribution in [0.25, 0.3) is 0 Å². The first kappa shape index (κ1) is 16.8. The van der Waals surface area contributed by atoms with Gasteiger partial charge in [0, 0.05) is 39.1 Å². The summed E-state index contributed by atoms with van der Waals surface area (Å²) in [4.78, 5) is 18.3. The number of urea groups is 1. The average molecular weight is 346 g/mol. The van der Waals surface area contributed by atoms with Crippen LogP contribution in [0.2, 0.25) is 0 Å². The molecule has 4 rings (SSSR count). The lowest BCUT2D eigenvalue weighted by Gasteiger charge is -2.33. The Bertz CT molecular complexity index is 609. The minimum atomic E-state index is 0.122. The van der Waals surface area contributed by atoms with Crippen LogP contribution in [0, 0.1) is 0 Å². The van der Waals surface area contributed by atoms with Gasteiger partial charge in [-0.05, 0) is 51.6 Å². The second-order valence-corrected chi connectivity index (χ2v) is 8.00. The summed E-state index contributed by atoms with van der Waals surface area (Å²) in [5.74, 6) is 2.77. The molecule has 0 aromatic carbocycles. The first-order valence-electron chi connectivity index (χ1n) is 9.75. The number of hydrogen-bond acceptors (Lipinski definition) is 4. The number of aromatic nitrogens is 3. The highest BCUT2D eigenvalue weighted by Crippen LogP contribution is 2.40. The maximum absolute atomic E-state index is 12.1. The molecule has 7 heteroatoms. The van der Waals surface area contributed by atoms with Gasteiger partial charge >= 0.3 is 6.03 Å². The smallest absolute Gasteiger partial charge is 0.319 e. The topological polar surface area (TPSA) is 57.5 Å². The Morgan fingerprint density at radius 1 is 1.04 bits per heavy atom. The number of nitrogens with zero attached hydrogens (tertiary/aromatic N) is 6. The van der Waals surface area contributed by atoms with Crippen molar-refractivity contribution in [2.75, 3.05) is 40.3 Å². The Balaban J connectivity index is 1.45. The lowest BCUT2D eigenvalue weighted by molar-refractivity contribution is 0.155. The van der Waals surface area contributed by atoms with Crippen LogP contribution >= 0.6 is 0 Å². The summed E-state index contributed by atoms with van der Waals surface area (Å²) in [6.45, 7) is 4.97. The van der Waals surface area contributed by atoms with E-state index in [1.54, 1.807) is 4.90 Å². The molecular formula is C18H30N6O. The molecule has 2 aliphatic heterocycles. The lowest BCUT2D eigenvalue weighted by atomic mass is 9.96. The Hall–Kier alpha value is -1.63. The maximum atomic E-state index is 12.1. The fourth-order valence-electron chi connectivity index (χ4n) is 4.21. The Morgan fingerprint density at radius 3 is 2.32 bits per heavy atom. The van der Waals surface area contributed by atoms with E-state index in [9.17, 15) is 4.79 Å². The van der Waals surface area contributed by atoms with Crippen LogP contribution in [-0.4, -0.2) is 75.8 Å². The molecule has 3 aliphatic rings. The molecule has 0 atom stereocenters. The summed E-state index contributed by atoms with van der Waals surface area (Å²) in [5.41, 5.74) is 0. The molecule has 0 N–H and O–H groups in total. The van der Waals surface area contributed by atoms with Crippen molar-refractivity contribution >= 4 is 6.03 Å². The summed E-state index contributed by atoms with van der Waals surface area (Å²) in [5, 5.41) is 9.20. The molecule has 2 amide bonds. The second kappa shape index (κ2) is 6.94. The van der Waals surface area contributed by atoms with Crippen molar-refractivity contribution in [2.45, 2.75) is 57.0 Å². The zero-order chi connectivity index (χ0) is 17.4. The third-order valence-corrected chi connectivity index (χ3v) is 5.78. The van der Waals surface area contributed by atoms with Crippen LogP contribution in [0.15, 0.2) is 0 Å². The number of carbonyl (C=O) groups excluding carboxylic acids is 1. The number of carbonyl (C=O) groups is 1. The fourth-order valence-corrected chi connectivity index (χ4v) is 4.21. The molecule has 0 radical (unpaired) electrons. The van der Waals surface area contributed by atoms with Gasteiger partial charge in [0.15, 0.2) is 0 Å². The normalized spacial score (nSPS) is 22.6. The number of piperidine rings is 1. The minimum Gasteiger partial charge on any atom is -0.331 e. The first-order valence-corrected chi connectivity index (χ1v) is 9.75. The molecule has 1 aromatic heterocycles. The van der Waals surface area contributed by atoms with Gasteiger partial charge in [-0.1, -0.05) is 0 Å². The van der Waals surface area contributed by atoms with E-state index in [4.69, 9.17) is 0 Å². The first-order chi connectivity index (χ1) is 12.1. The van der Waals surface area contributed by atoms with Gasteiger partial charge in [0.05, 0.1) is 6.54 Å². The molecule has 1 aromatic rings. The highest BCUT2D eigenvalue weighted by molar-refractivity contribution is 5.73. The third kappa shape index (κ3) is 3.52. The predicted molar refractivity (Wildman–Crippen MR) is 95.4 cm³/mol. The van der Waals surface area contributed by atoms with Crippen LogP contribution in [0.1, 0.15) is 62.1 Å². The van der Waals surface area contributed by atoms with Crippen LogP contribution in [0.4, 0.5) is 4.79 Å². The van der Waals surface area contributed by atoms with Crippen LogP contribution in [0.5, 0.6) is 0 Å². The molecule has 25 heavy (non-hydrogen) atoms. The van der Waals surface area contributed by atoms with Crippen LogP contribution < -0.4 is 0 Å². The molecule has 1 aliphatic carbocycles. The van der Waals surface area contributed by atoms with Gasteiger partial charge in [-0.2, -0.15) is 0 Å². The highest BCUT2D eigenvalue weighted by atomic mass is 16.2. The Morgan fingerprint density at radius 2 is 1.72 bits per heavy atom. The van der Waals surface area contributed by atoms with E-state index in [1.165, 1.54) is 44.6 Å². The third-order valence-electron chi connectivity index (χ3n) is 5.78. The molecule has 2 saturated heterocycles. The summed E-state index contributed by atoms with van der Waals surface area (Å²) >= 11 is 0. The van der Waals surface area contributed by atoms with Gasteiger partial charge in [-0.15, -0.1) is 10.2 Å². The van der Waals surface area contributed by atoms with Crippen molar-refractivity contribution in [1.82, 2.24) is 29.5 Å². The molecule has 1 saturated carbocycles. The second-order valence-electron chi connectivity index (χ2n) is 8.00. The van der Waals surface area contributed by atoms with Crippen molar-refractivity contribution in [3.63, 3.8) is 0 Å². The van der Waals surface area contributed by atoms with Crippen molar-refractivity contribution < 1.29 is 4.79 Å². The molecule has 0 bridgehead atoms.